The summed E-state index contributed by atoms with van der Waals surface area (Å²) < 4.78 is 5.56. The summed E-state index contributed by atoms with van der Waals surface area (Å²) in [5.74, 6) is 0.558. The highest BCUT2D eigenvalue weighted by Gasteiger charge is 2.25. The maximum Gasteiger partial charge on any atom is 0.171 e. The molecule has 1 aromatic rings. The number of thioether (sulfide) groups is 1. The van der Waals surface area contributed by atoms with Crippen LogP contribution in [-0.4, -0.2) is 31.3 Å². The first-order chi connectivity index (χ1) is 9.04. The molecule has 6 heteroatoms. The van der Waals surface area contributed by atoms with Crippen LogP contribution in [0, 0.1) is 5.92 Å². The van der Waals surface area contributed by atoms with Crippen LogP contribution in [0.25, 0.3) is 0 Å². The van der Waals surface area contributed by atoms with Crippen molar-refractivity contribution < 1.29 is 9.53 Å². The monoisotopic (exact) mass is 300 g/mol. The van der Waals surface area contributed by atoms with Crippen LogP contribution in [0.4, 0.5) is 10.7 Å². The van der Waals surface area contributed by atoms with E-state index < -0.39 is 0 Å². The number of hydrogen-bond donors (Lipinski definition) is 2. The van der Waals surface area contributed by atoms with Gasteiger partial charge in [0.05, 0.1) is 21.6 Å². The van der Waals surface area contributed by atoms with Crippen molar-refractivity contribution in [1.82, 2.24) is 0 Å². The number of nitrogen functional groups attached to an aromatic ring is 1. The minimum absolute atomic E-state index is 0.0309. The number of ether oxygens (including phenoxy) is 1. The van der Waals surface area contributed by atoms with Crippen LogP contribution in [0.3, 0.4) is 0 Å². The summed E-state index contributed by atoms with van der Waals surface area (Å²) >= 11 is 3.04. The van der Waals surface area contributed by atoms with Crippen LogP contribution in [0.15, 0.2) is 4.90 Å². The molecule has 0 bridgehead atoms. The average molecular weight is 300 g/mol. The maximum atomic E-state index is 11.5. The van der Waals surface area contributed by atoms with Crippen LogP contribution in [0.1, 0.15) is 29.9 Å². The number of nitrogens with one attached hydrogen (secondary N) is 1. The number of nitrogens with two attached hydrogens (primary N) is 1. The Kier molecular flexibility index (Phi) is 4.76. The Morgan fingerprint density at radius 1 is 1.63 bits per heavy atom. The van der Waals surface area contributed by atoms with E-state index in [1.54, 1.807) is 18.7 Å². The number of carbonyl (C=O) groups excluding carboxylic acids is 1. The van der Waals surface area contributed by atoms with Crippen LogP contribution < -0.4 is 11.1 Å². The zero-order chi connectivity index (χ0) is 14.0. The predicted octanol–water partition coefficient (Wildman–Crippen LogP) is 3.09. The third-order valence-electron chi connectivity index (χ3n) is 3.48. The second-order valence-electron chi connectivity index (χ2n) is 4.77. The van der Waals surface area contributed by atoms with E-state index in [-0.39, 0.29) is 5.78 Å². The van der Waals surface area contributed by atoms with Crippen molar-refractivity contribution >= 4 is 39.6 Å². The number of carbonyl (C=O) groups is 1. The SMILES string of the molecule is CSc1c(NCC2CCOC2C)sc(C(C)=O)c1N. The second kappa shape index (κ2) is 6.15. The summed E-state index contributed by atoms with van der Waals surface area (Å²) in [5, 5.41) is 4.45. The molecule has 2 atom stereocenters. The quantitative estimate of drug-likeness (QED) is 0.646. The standard InChI is InChI=1S/C13H20N2O2S2/c1-7(16)11-10(14)12(18-3)13(19-11)15-6-9-4-5-17-8(9)2/h8-9,15H,4-6,14H2,1-3H3. The fraction of sp³-hybridized carbons (Fsp3) is 0.615. The molecule has 1 aliphatic rings. The number of Topliss-reactive ketones (excluding diaryl/α,β-unsaturated/α-hetero) is 1. The van der Waals surface area contributed by atoms with E-state index in [1.165, 1.54) is 11.3 Å². The lowest BCUT2D eigenvalue weighted by molar-refractivity contribution is 0.102. The molecule has 1 aliphatic heterocycles. The Labute approximate surface area is 122 Å². The van der Waals surface area contributed by atoms with E-state index >= 15 is 0 Å². The van der Waals surface area contributed by atoms with Crippen molar-refractivity contribution in [1.29, 1.82) is 0 Å². The molecule has 0 radical (unpaired) electrons. The second-order valence-corrected chi connectivity index (χ2v) is 6.61. The fourth-order valence-electron chi connectivity index (χ4n) is 2.28. The Morgan fingerprint density at radius 3 is 2.89 bits per heavy atom. The fourth-order valence-corrected chi connectivity index (χ4v) is 4.21. The summed E-state index contributed by atoms with van der Waals surface area (Å²) in [6.07, 6.45) is 3.37. The minimum Gasteiger partial charge on any atom is -0.396 e. The van der Waals surface area contributed by atoms with Crippen LogP contribution in [-0.2, 0) is 4.74 Å². The molecule has 0 saturated carbocycles. The molecule has 0 aliphatic carbocycles. The molecule has 1 aromatic heterocycles. The van der Waals surface area contributed by atoms with Gasteiger partial charge in [-0.05, 0) is 19.6 Å². The highest BCUT2D eigenvalue weighted by atomic mass is 32.2. The Balaban J connectivity index is 2.11. The van der Waals surface area contributed by atoms with E-state index in [9.17, 15) is 4.79 Å². The minimum atomic E-state index is 0.0309. The van der Waals surface area contributed by atoms with E-state index in [1.807, 2.05) is 6.26 Å². The molecule has 0 spiro atoms. The molecule has 1 fully saturated rings. The van der Waals surface area contributed by atoms with E-state index in [0.29, 0.717) is 22.6 Å². The van der Waals surface area contributed by atoms with Gasteiger partial charge in [0.25, 0.3) is 0 Å². The molecule has 19 heavy (non-hydrogen) atoms. The van der Waals surface area contributed by atoms with Crippen molar-refractivity contribution in [3.8, 4) is 0 Å². The smallest absolute Gasteiger partial charge is 0.171 e. The number of anilines is 2. The first-order valence-corrected chi connectivity index (χ1v) is 8.41. The Hall–Kier alpha value is -0.720. The van der Waals surface area contributed by atoms with Crippen LogP contribution >= 0.6 is 23.1 Å². The summed E-state index contributed by atoms with van der Waals surface area (Å²) in [5.41, 5.74) is 6.64. The van der Waals surface area contributed by atoms with Gasteiger partial charge in [-0.2, -0.15) is 0 Å². The van der Waals surface area contributed by atoms with Gasteiger partial charge < -0.3 is 15.8 Å². The van der Waals surface area contributed by atoms with Crippen molar-refractivity contribution in [2.24, 2.45) is 5.92 Å². The summed E-state index contributed by atoms with van der Waals surface area (Å²) in [6.45, 7) is 5.38. The van der Waals surface area contributed by atoms with E-state index in [2.05, 4.69) is 12.2 Å². The van der Waals surface area contributed by atoms with Crippen molar-refractivity contribution in [2.75, 3.05) is 30.5 Å². The van der Waals surface area contributed by atoms with Gasteiger partial charge in [-0.15, -0.1) is 23.1 Å². The van der Waals surface area contributed by atoms with E-state index in [0.717, 1.165) is 29.5 Å². The summed E-state index contributed by atoms with van der Waals surface area (Å²) in [7, 11) is 0. The molecule has 3 N–H and O–H groups in total. The number of ketones is 1. The van der Waals surface area contributed by atoms with Gasteiger partial charge in [0.15, 0.2) is 5.78 Å². The highest BCUT2D eigenvalue weighted by molar-refractivity contribution is 7.99. The van der Waals surface area contributed by atoms with Gasteiger partial charge in [0.2, 0.25) is 0 Å². The van der Waals surface area contributed by atoms with Crippen LogP contribution in [0.2, 0.25) is 0 Å². The largest absolute Gasteiger partial charge is 0.396 e. The average Bonchev–Trinajstić information content (AvgIpc) is 2.90. The maximum absolute atomic E-state index is 11.5. The van der Waals surface area contributed by atoms with Gasteiger partial charge in [-0.3, -0.25) is 4.79 Å². The first-order valence-electron chi connectivity index (χ1n) is 6.37. The molecule has 0 amide bonds. The third-order valence-corrected chi connectivity index (χ3v) is 5.71. The van der Waals surface area contributed by atoms with E-state index in [4.69, 9.17) is 10.5 Å². The van der Waals surface area contributed by atoms with Crippen molar-refractivity contribution in [3.63, 3.8) is 0 Å². The molecule has 1 saturated heterocycles. The molecular formula is C13H20N2O2S2. The number of rotatable bonds is 5. The predicted molar refractivity (Wildman–Crippen MR) is 82.5 cm³/mol. The topological polar surface area (TPSA) is 64.3 Å². The van der Waals surface area contributed by atoms with Crippen molar-refractivity contribution in [3.05, 3.63) is 4.88 Å². The number of hydrogen-bond acceptors (Lipinski definition) is 6. The molecule has 2 heterocycles. The van der Waals surface area contributed by atoms with Gasteiger partial charge in [-0.25, -0.2) is 0 Å². The molecule has 2 rings (SSSR count). The van der Waals surface area contributed by atoms with Gasteiger partial charge in [0, 0.05) is 26.0 Å². The third kappa shape index (κ3) is 3.07. The normalized spacial score (nSPS) is 22.7. The molecule has 106 valence electrons. The Morgan fingerprint density at radius 2 is 2.37 bits per heavy atom. The molecule has 4 nitrogen and oxygen atoms in total. The zero-order valence-electron chi connectivity index (χ0n) is 11.5. The van der Waals surface area contributed by atoms with Gasteiger partial charge in [-0.1, -0.05) is 0 Å². The van der Waals surface area contributed by atoms with Gasteiger partial charge in [0.1, 0.15) is 5.00 Å². The lowest BCUT2D eigenvalue weighted by Gasteiger charge is -2.15. The Bertz CT molecular complexity index is 473. The molecular weight excluding hydrogens is 280 g/mol. The summed E-state index contributed by atoms with van der Waals surface area (Å²) in [4.78, 5) is 13.2. The first kappa shape index (κ1) is 14.7. The van der Waals surface area contributed by atoms with Crippen molar-refractivity contribution in [2.45, 2.75) is 31.3 Å². The van der Waals surface area contributed by atoms with Gasteiger partial charge >= 0.3 is 0 Å². The molecule has 2 unspecified atom stereocenters. The van der Waals surface area contributed by atoms with Crippen LogP contribution in [0.5, 0.6) is 0 Å². The number of thiophene rings is 1. The lowest BCUT2D eigenvalue weighted by atomic mass is 10.0. The lowest BCUT2D eigenvalue weighted by Crippen LogP contribution is -2.20. The summed E-state index contributed by atoms with van der Waals surface area (Å²) in [6, 6.07) is 0. The zero-order valence-corrected chi connectivity index (χ0v) is 13.1. The molecule has 0 aromatic carbocycles. The highest BCUT2D eigenvalue weighted by Crippen LogP contribution is 2.42.